The molecule has 2 N–H and O–H groups in total. The Morgan fingerprint density at radius 2 is 1.95 bits per heavy atom. The number of rotatable bonds is 6. The van der Waals surface area contributed by atoms with Gasteiger partial charge in [-0.1, -0.05) is 32.8 Å². The second kappa shape index (κ2) is 7.88. The van der Waals surface area contributed by atoms with Crippen LogP contribution in [0, 0.1) is 18.7 Å². The molecule has 0 saturated heterocycles. The molecule has 3 nitrogen and oxygen atoms in total. The number of carbonyl (C=O) groups is 1. The summed E-state index contributed by atoms with van der Waals surface area (Å²) in [4.78, 5) is 11.8. The Labute approximate surface area is 121 Å². The first kappa shape index (κ1) is 16.5. The zero-order valence-electron chi connectivity index (χ0n) is 12.8. The smallest absolute Gasteiger partial charge is 0.319 e. The Morgan fingerprint density at radius 3 is 2.55 bits per heavy atom. The highest BCUT2D eigenvalue weighted by Gasteiger charge is 2.08. The predicted molar refractivity (Wildman–Crippen MR) is 81.4 cm³/mol. The second-order valence-electron chi connectivity index (χ2n) is 5.79. The van der Waals surface area contributed by atoms with Crippen LogP contribution < -0.4 is 10.6 Å². The van der Waals surface area contributed by atoms with Gasteiger partial charge in [-0.25, -0.2) is 9.18 Å². The van der Waals surface area contributed by atoms with Gasteiger partial charge in [0.1, 0.15) is 5.82 Å². The highest BCUT2D eigenvalue weighted by atomic mass is 19.1. The molecule has 1 aromatic rings. The molecular formula is C16H25FN2O. The third-order valence-corrected chi connectivity index (χ3v) is 3.23. The Kier molecular flexibility index (Phi) is 6.49. The molecule has 20 heavy (non-hydrogen) atoms. The minimum absolute atomic E-state index is 0.115. The van der Waals surface area contributed by atoms with E-state index < -0.39 is 0 Å². The van der Waals surface area contributed by atoms with Crippen LogP contribution in [0.25, 0.3) is 0 Å². The average molecular weight is 280 g/mol. The highest BCUT2D eigenvalue weighted by molar-refractivity contribution is 5.89. The number of amides is 2. The van der Waals surface area contributed by atoms with Gasteiger partial charge in [-0.05, 0) is 43.9 Å². The van der Waals surface area contributed by atoms with Gasteiger partial charge in [-0.3, -0.25) is 0 Å². The van der Waals surface area contributed by atoms with Crippen LogP contribution in [0.1, 0.15) is 45.6 Å². The molecule has 1 atom stereocenters. The molecule has 0 aliphatic rings. The number of aryl methyl sites for hydroxylation is 1. The van der Waals surface area contributed by atoms with Crippen LogP contribution >= 0.6 is 0 Å². The number of anilines is 1. The maximum Gasteiger partial charge on any atom is 0.319 e. The van der Waals surface area contributed by atoms with Gasteiger partial charge < -0.3 is 10.6 Å². The van der Waals surface area contributed by atoms with Crippen molar-refractivity contribution in [2.24, 2.45) is 5.92 Å². The summed E-state index contributed by atoms with van der Waals surface area (Å²) in [5.41, 5.74) is 1.04. The number of halogens is 1. The molecule has 1 aromatic carbocycles. The molecule has 0 aromatic heterocycles. The van der Waals surface area contributed by atoms with E-state index in [0.29, 0.717) is 17.2 Å². The van der Waals surface area contributed by atoms with Crippen LogP contribution in [-0.4, -0.2) is 12.1 Å². The lowest BCUT2D eigenvalue weighted by Gasteiger charge is -2.15. The van der Waals surface area contributed by atoms with Gasteiger partial charge in [-0.15, -0.1) is 0 Å². The molecule has 0 fully saturated rings. The number of hydrogen-bond acceptors (Lipinski definition) is 1. The molecule has 0 aliphatic heterocycles. The Hall–Kier alpha value is -1.58. The summed E-state index contributed by atoms with van der Waals surface area (Å²) in [7, 11) is 0. The van der Waals surface area contributed by atoms with Crippen LogP contribution in [0.15, 0.2) is 18.2 Å². The molecule has 1 rings (SSSR count). The lowest BCUT2D eigenvalue weighted by atomic mass is 10.0. The summed E-state index contributed by atoms with van der Waals surface area (Å²) in [6.07, 6.45) is 3.21. The number of hydrogen-bond donors (Lipinski definition) is 2. The van der Waals surface area contributed by atoms with Gasteiger partial charge in [0.25, 0.3) is 0 Å². The van der Waals surface area contributed by atoms with Crippen molar-refractivity contribution in [2.75, 3.05) is 5.32 Å². The third-order valence-electron chi connectivity index (χ3n) is 3.23. The first-order chi connectivity index (χ1) is 9.38. The Bertz CT molecular complexity index is 446. The highest BCUT2D eigenvalue weighted by Crippen LogP contribution is 2.13. The van der Waals surface area contributed by atoms with Crippen molar-refractivity contribution in [3.8, 4) is 0 Å². The molecule has 112 valence electrons. The van der Waals surface area contributed by atoms with E-state index >= 15 is 0 Å². The number of urea groups is 1. The zero-order chi connectivity index (χ0) is 15.1. The SMILES string of the molecule is Cc1ccc(NC(=O)NC(C)CCCC(C)C)cc1F. The van der Waals surface area contributed by atoms with Crippen LogP contribution in [0.2, 0.25) is 0 Å². The lowest BCUT2D eigenvalue weighted by Crippen LogP contribution is -2.36. The largest absolute Gasteiger partial charge is 0.335 e. The van der Waals surface area contributed by atoms with Gasteiger partial charge in [0.2, 0.25) is 0 Å². The summed E-state index contributed by atoms with van der Waals surface area (Å²) in [5.74, 6) is 0.374. The van der Waals surface area contributed by atoms with Gasteiger partial charge in [-0.2, -0.15) is 0 Å². The first-order valence-electron chi connectivity index (χ1n) is 7.22. The van der Waals surface area contributed by atoms with Gasteiger partial charge in [0.15, 0.2) is 0 Å². The summed E-state index contributed by atoms with van der Waals surface area (Å²) < 4.78 is 13.4. The summed E-state index contributed by atoms with van der Waals surface area (Å²) in [5, 5.41) is 5.51. The molecule has 0 saturated carbocycles. The topological polar surface area (TPSA) is 41.1 Å². The molecule has 0 spiro atoms. The fourth-order valence-electron chi connectivity index (χ4n) is 1.97. The van der Waals surface area contributed by atoms with Crippen molar-refractivity contribution >= 4 is 11.7 Å². The van der Waals surface area contributed by atoms with E-state index in [1.54, 1.807) is 19.1 Å². The third kappa shape index (κ3) is 6.04. The maximum absolute atomic E-state index is 13.4. The number of benzene rings is 1. The summed E-state index contributed by atoms with van der Waals surface area (Å²) in [6, 6.07) is 4.51. The molecule has 0 aliphatic carbocycles. The molecule has 0 bridgehead atoms. The summed E-state index contributed by atoms with van der Waals surface area (Å²) >= 11 is 0. The van der Waals surface area contributed by atoms with E-state index in [4.69, 9.17) is 0 Å². The Balaban J connectivity index is 2.37. The molecule has 1 unspecified atom stereocenters. The minimum Gasteiger partial charge on any atom is -0.335 e. The Morgan fingerprint density at radius 1 is 1.25 bits per heavy atom. The van der Waals surface area contributed by atoms with Crippen LogP contribution in [0.4, 0.5) is 14.9 Å². The van der Waals surface area contributed by atoms with E-state index in [1.807, 2.05) is 6.92 Å². The zero-order valence-corrected chi connectivity index (χ0v) is 12.8. The van der Waals surface area contributed by atoms with Crippen molar-refractivity contribution < 1.29 is 9.18 Å². The molecule has 2 amide bonds. The van der Waals surface area contributed by atoms with E-state index in [2.05, 4.69) is 24.5 Å². The van der Waals surface area contributed by atoms with Crippen molar-refractivity contribution in [2.45, 2.75) is 53.0 Å². The second-order valence-corrected chi connectivity index (χ2v) is 5.79. The van der Waals surface area contributed by atoms with Crippen molar-refractivity contribution in [3.63, 3.8) is 0 Å². The van der Waals surface area contributed by atoms with Crippen LogP contribution in [-0.2, 0) is 0 Å². The van der Waals surface area contributed by atoms with Gasteiger partial charge >= 0.3 is 6.03 Å². The van der Waals surface area contributed by atoms with E-state index in [-0.39, 0.29) is 17.9 Å². The molecular weight excluding hydrogens is 255 g/mol. The summed E-state index contributed by atoms with van der Waals surface area (Å²) in [6.45, 7) is 8.05. The normalized spacial score (nSPS) is 12.3. The van der Waals surface area contributed by atoms with Gasteiger partial charge in [0.05, 0.1) is 0 Å². The van der Waals surface area contributed by atoms with Crippen molar-refractivity contribution in [1.82, 2.24) is 5.32 Å². The monoisotopic (exact) mass is 280 g/mol. The maximum atomic E-state index is 13.4. The van der Waals surface area contributed by atoms with Gasteiger partial charge in [0, 0.05) is 11.7 Å². The fraction of sp³-hybridized carbons (Fsp3) is 0.562. The quantitative estimate of drug-likeness (QED) is 0.793. The molecule has 0 radical (unpaired) electrons. The molecule has 0 heterocycles. The van der Waals surface area contributed by atoms with Crippen LogP contribution in [0.5, 0.6) is 0 Å². The standard InChI is InChI=1S/C16H25FN2O/c1-11(2)6-5-7-13(4)18-16(20)19-14-9-8-12(3)15(17)10-14/h8-11,13H,5-7H2,1-4H3,(H2,18,19,20). The van der Waals surface area contributed by atoms with E-state index in [1.165, 1.54) is 6.07 Å². The first-order valence-corrected chi connectivity index (χ1v) is 7.22. The average Bonchev–Trinajstić information content (AvgIpc) is 2.33. The predicted octanol–water partition coefficient (Wildman–Crippen LogP) is 4.47. The number of carbonyl (C=O) groups excluding carboxylic acids is 1. The fourth-order valence-corrected chi connectivity index (χ4v) is 1.97. The number of nitrogens with one attached hydrogen (secondary N) is 2. The van der Waals surface area contributed by atoms with Crippen molar-refractivity contribution in [1.29, 1.82) is 0 Å². The minimum atomic E-state index is -0.312. The van der Waals surface area contributed by atoms with Crippen LogP contribution in [0.3, 0.4) is 0 Å². The molecule has 4 heteroatoms. The van der Waals surface area contributed by atoms with Crippen molar-refractivity contribution in [3.05, 3.63) is 29.6 Å². The van der Waals surface area contributed by atoms with E-state index in [0.717, 1.165) is 19.3 Å². The lowest BCUT2D eigenvalue weighted by molar-refractivity contribution is 0.248. The van der Waals surface area contributed by atoms with E-state index in [9.17, 15) is 9.18 Å².